The van der Waals surface area contributed by atoms with Gasteiger partial charge in [-0.3, -0.25) is 4.79 Å². The van der Waals surface area contributed by atoms with Gasteiger partial charge in [0.15, 0.2) is 16.3 Å². The largest absolute Gasteiger partial charge is 0.495 e. The van der Waals surface area contributed by atoms with Crippen molar-refractivity contribution in [2.24, 2.45) is 4.99 Å². The molecule has 0 N–H and O–H groups in total. The van der Waals surface area contributed by atoms with E-state index in [9.17, 15) is 4.79 Å². The fourth-order valence-electron chi connectivity index (χ4n) is 2.97. The Labute approximate surface area is 164 Å². The van der Waals surface area contributed by atoms with Gasteiger partial charge in [0.1, 0.15) is 17.9 Å². The number of thiazole rings is 1. The normalized spacial score (nSPS) is 16.6. The van der Waals surface area contributed by atoms with E-state index in [2.05, 4.69) is 4.99 Å². The number of ether oxygens (including phenoxy) is 3. The standard InChI is InChI=1S/C19H17ClN2O4S/c1-3-22-16-14(24-2)9-8-11(20)17(16)27-19(22)21-18(23)15-10-25-12-6-4-5-7-13(12)26-15/h4-9,15H,3,10H2,1-2H3/t15-/m1/s1. The summed E-state index contributed by atoms with van der Waals surface area (Å²) in [4.78, 5) is 17.6. The molecular weight excluding hydrogens is 388 g/mol. The summed E-state index contributed by atoms with van der Waals surface area (Å²) in [5.41, 5.74) is 0.829. The minimum atomic E-state index is -0.784. The summed E-state index contributed by atoms with van der Waals surface area (Å²) >= 11 is 7.69. The van der Waals surface area contributed by atoms with Crippen LogP contribution in [0.15, 0.2) is 41.4 Å². The third-order valence-electron chi connectivity index (χ3n) is 4.27. The van der Waals surface area contributed by atoms with Gasteiger partial charge in [0.2, 0.25) is 6.10 Å². The van der Waals surface area contributed by atoms with Gasteiger partial charge >= 0.3 is 0 Å². The highest BCUT2D eigenvalue weighted by atomic mass is 35.5. The van der Waals surface area contributed by atoms with E-state index in [1.165, 1.54) is 11.3 Å². The Morgan fingerprint density at radius 3 is 2.85 bits per heavy atom. The van der Waals surface area contributed by atoms with Gasteiger partial charge in [-0.1, -0.05) is 35.1 Å². The molecule has 1 amide bonds. The minimum Gasteiger partial charge on any atom is -0.495 e. The smallest absolute Gasteiger partial charge is 0.292 e. The van der Waals surface area contributed by atoms with Crippen LogP contribution in [-0.4, -0.2) is 30.3 Å². The molecule has 0 bridgehead atoms. The zero-order valence-electron chi connectivity index (χ0n) is 14.8. The topological polar surface area (TPSA) is 62.1 Å². The minimum absolute atomic E-state index is 0.125. The number of para-hydroxylation sites is 2. The fraction of sp³-hybridized carbons (Fsp3) is 0.263. The van der Waals surface area contributed by atoms with Crippen molar-refractivity contribution in [3.63, 3.8) is 0 Å². The maximum atomic E-state index is 12.7. The molecule has 4 rings (SSSR count). The number of benzene rings is 2. The molecule has 1 atom stereocenters. The number of hydrogen-bond donors (Lipinski definition) is 0. The van der Waals surface area contributed by atoms with Gasteiger partial charge in [-0.15, -0.1) is 0 Å². The van der Waals surface area contributed by atoms with E-state index >= 15 is 0 Å². The zero-order chi connectivity index (χ0) is 19.0. The van der Waals surface area contributed by atoms with Gasteiger partial charge in [-0.05, 0) is 31.2 Å². The first-order valence-corrected chi connectivity index (χ1v) is 9.64. The van der Waals surface area contributed by atoms with Crippen molar-refractivity contribution < 1.29 is 19.0 Å². The molecular formula is C19H17ClN2O4S. The Morgan fingerprint density at radius 1 is 1.33 bits per heavy atom. The molecule has 8 heteroatoms. The maximum Gasteiger partial charge on any atom is 0.292 e. The summed E-state index contributed by atoms with van der Waals surface area (Å²) in [6.45, 7) is 2.72. The molecule has 6 nitrogen and oxygen atoms in total. The number of methoxy groups -OCH3 is 1. The van der Waals surface area contributed by atoms with Crippen molar-refractivity contribution in [3.8, 4) is 17.2 Å². The highest BCUT2D eigenvalue weighted by Crippen LogP contribution is 2.34. The number of amides is 1. The quantitative estimate of drug-likeness (QED) is 0.668. The number of halogens is 1. The van der Waals surface area contributed by atoms with Gasteiger partial charge in [0.05, 0.1) is 16.8 Å². The van der Waals surface area contributed by atoms with Crippen molar-refractivity contribution in [1.29, 1.82) is 0 Å². The molecule has 0 fully saturated rings. The summed E-state index contributed by atoms with van der Waals surface area (Å²) in [6.07, 6.45) is -0.784. The third-order valence-corrected chi connectivity index (χ3v) is 5.81. The lowest BCUT2D eigenvalue weighted by Crippen LogP contribution is -2.36. The Kier molecular flexibility index (Phi) is 4.80. The third kappa shape index (κ3) is 3.17. The van der Waals surface area contributed by atoms with E-state index < -0.39 is 12.0 Å². The summed E-state index contributed by atoms with van der Waals surface area (Å²) in [7, 11) is 1.60. The van der Waals surface area contributed by atoms with E-state index in [0.717, 1.165) is 10.2 Å². The Morgan fingerprint density at radius 2 is 2.11 bits per heavy atom. The molecule has 1 aliphatic heterocycles. The molecule has 0 spiro atoms. The first-order valence-electron chi connectivity index (χ1n) is 8.45. The van der Waals surface area contributed by atoms with Crippen LogP contribution in [0.3, 0.4) is 0 Å². The molecule has 27 heavy (non-hydrogen) atoms. The molecule has 1 aliphatic rings. The fourth-order valence-corrected chi connectivity index (χ4v) is 4.36. The van der Waals surface area contributed by atoms with Crippen LogP contribution in [0.25, 0.3) is 10.2 Å². The van der Waals surface area contributed by atoms with Crippen molar-refractivity contribution in [1.82, 2.24) is 4.57 Å². The molecule has 0 saturated carbocycles. The predicted molar refractivity (Wildman–Crippen MR) is 104 cm³/mol. The molecule has 3 aromatic rings. The van der Waals surface area contributed by atoms with Crippen molar-refractivity contribution >= 4 is 39.1 Å². The zero-order valence-corrected chi connectivity index (χ0v) is 16.3. The van der Waals surface area contributed by atoms with Crippen LogP contribution in [0.2, 0.25) is 5.02 Å². The van der Waals surface area contributed by atoms with Gasteiger partial charge in [-0.2, -0.15) is 4.99 Å². The van der Waals surface area contributed by atoms with Crippen LogP contribution >= 0.6 is 22.9 Å². The van der Waals surface area contributed by atoms with Gasteiger partial charge in [0.25, 0.3) is 5.91 Å². The molecule has 2 aromatic carbocycles. The molecule has 0 saturated heterocycles. The summed E-state index contributed by atoms with van der Waals surface area (Å²) < 4.78 is 19.6. The van der Waals surface area contributed by atoms with E-state index in [1.54, 1.807) is 25.3 Å². The van der Waals surface area contributed by atoms with E-state index in [4.69, 9.17) is 25.8 Å². The monoisotopic (exact) mass is 404 g/mol. The second-order valence-corrected chi connectivity index (χ2v) is 7.26. The average molecular weight is 405 g/mol. The summed E-state index contributed by atoms with van der Waals surface area (Å²) in [5.74, 6) is 1.46. The van der Waals surface area contributed by atoms with E-state index in [-0.39, 0.29) is 6.61 Å². The first kappa shape index (κ1) is 17.9. The second-order valence-electron chi connectivity index (χ2n) is 5.87. The van der Waals surface area contributed by atoms with Gasteiger partial charge in [-0.25, -0.2) is 0 Å². The lowest BCUT2D eigenvalue weighted by Gasteiger charge is -2.23. The van der Waals surface area contributed by atoms with Crippen molar-refractivity contribution in [3.05, 3.63) is 46.2 Å². The number of aryl methyl sites for hydroxylation is 1. The molecule has 1 aromatic heterocycles. The molecule has 140 valence electrons. The van der Waals surface area contributed by atoms with Crippen molar-refractivity contribution in [2.45, 2.75) is 19.6 Å². The van der Waals surface area contributed by atoms with Crippen LogP contribution < -0.4 is 19.0 Å². The Balaban J connectivity index is 1.75. The van der Waals surface area contributed by atoms with Gasteiger partial charge in [0, 0.05) is 6.54 Å². The predicted octanol–water partition coefficient (Wildman–Crippen LogP) is 3.65. The molecule has 2 heterocycles. The average Bonchev–Trinajstić information content (AvgIpc) is 3.07. The highest BCUT2D eigenvalue weighted by molar-refractivity contribution is 7.17. The number of aromatic nitrogens is 1. The van der Waals surface area contributed by atoms with Crippen LogP contribution in [0, 0.1) is 0 Å². The number of carbonyl (C=O) groups is 1. The lowest BCUT2D eigenvalue weighted by atomic mass is 10.2. The SMILES string of the molecule is CCn1c(=NC(=O)[C@H]2COc3ccccc3O2)sc2c(Cl)ccc(OC)c21. The van der Waals surface area contributed by atoms with Crippen LogP contribution in [-0.2, 0) is 11.3 Å². The number of carbonyl (C=O) groups excluding carboxylic acids is 1. The molecule has 0 radical (unpaired) electrons. The Hall–Kier alpha value is -2.51. The maximum absolute atomic E-state index is 12.7. The van der Waals surface area contributed by atoms with Crippen LogP contribution in [0.1, 0.15) is 6.92 Å². The Bertz CT molecular complexity index is 1090. The number of rotatable bonds is 3. The van der Waals surface area contributed by atoms with Crippen LogP contribution in [0.5, 0.6) is 17.2 Å². The number of nitrogens with zero attached hydrogens (tertiary/aromatic N) is 2. The summed E-state index contributed by atoms with van der Waals surface area (Å²) in [6, 6.07) is 10.8. The lowest BCUT2D eigenvalue weighted by molar-refractivity contribution is -0.127. The number of hydrogen-bond acceptors (Lipinski definition) is 5. The van der Waals surface area contributed by atoms with E-state index in [1.807, 2.05) is 29.7 Å². The second kappa shape index (κ2) is 7.25. The van der Waals surface area contributed by atoms with Crippen LogP contribution in [0.4, 0.5) is 0 Å². The van der Waals surface area contributed by atoms with Gasteiger partial charge < -0.3 is 18.8 Å². The van der Waals surface area contributed by atoms with E-state index in [0.29, 0.717) is 33.6 Å². The molecule has 0 unspecified atom stereocenters. The first-order chi connectivity index (χ1) is 13.1. The number of fused-ring (bicyclic) bond motifs is 2. The van der Waals surface area contributed by atoms with Crippen molar-refractivity contribution in [2.75, 3.05) is 13.7 Å². The highest BCUT2D eigenvalue weighted by Gasteiger charge is 2.27. The summed E-state index contributed by atoms with van der Waals surface area (Å²) in [5, 5.41) is 0.595. The molecule has 0 aliphatic carbocycles.